The summed E-state index contributed by atoms with van der Waals surface area (Å²) >= 11 is 0. The van der Waals surface area contributed by atoms with Gasteiger partial charge in [0, 0.05) is 6.42 Å². The van der Waals surface area contributed by atoms with Crippen molar-refractivity contribution < 1.29 is 14.4 Å². The van der Waals surface area contributed by atoms with E-state index >= 15 is 0 Å². The van der Waals surface area contributed by atoms with E-state index in [9.17, 15) is 14.4 Å². The Morgan fingerprint density at radius 2 is 2.08 bits per heavy atom. The van der Waals surface area contributed by atoms with Crippen LogP contribution in [0.3, 0.4) is 0 Å². The van der Waals surface area contributed by atoms with E-state index in [1.807, 2.05) is 6.92 Å². The maximum Gasteiger partial charge on any atom is 0.254 e. The monoisotopic (exact) mass is 328 g/mol. The molecule has 1 atom stereocenters. The highest BCUT2D eigenvalue weighted by atomic mass is 16.2. The molecule has 1 aromatic carbocycles. The van der Waals surface area contributed by atoms with E-state index in [2.05, 4.69) is 31.1 Å². The van der Waals surface area contributed by atoms with Gasteiger partial charge in [0.1, 0.15) is 11.9 Å². The van der Waals surface area contributed by atoms with Crippen molar-refractivity contribution in [3.63, 3.8) is 0 Å². The molecular weight excluding hydrogens is 312 g/mol. The first-order valence-corrected chi connectivity index (χ1v) is 7.48. The zero-order valence-electron chi connectivity index (χ0n) is 12.9. The Balaban J connectivity index is 1.68. The van der Waals surface area contributed by atoms with Crippen molar-refractivity contribution in [2.24, 2.45) is 0 Å². The number of aromatic amines is 1. The van der Waals surface area contributed by atoms with Gasteiger partial charge in [-0.2, -0.15) is 4.98 Å². The summed E-state index contributed by atoms with van der Waals surface area (Å²) in [5.41, 5.74) is 0.778. The number of rotatable bonds is 4. The molecule has 1 aliphatic heterocycles. The van der Waals surface area contributed by atoms with E-state index in [4.69, 9.17) is 0 Å². The highest BCUT2D eigenvalue weighted by Gasteiger charge is 2.29. The maximum absolute atomic E-state index is 12.2. The first kappa shape index (κ1) is 15.7. The van der Waals surface area contributed by atoms with Crippen molar-refractivity contribution >= 4 is 29.4 Å². The third-order valence-corrected chi connectivity index (χ3v) is 3.56. The number of nitrogens with zero attached hydrogens (tertiary/aromatic N) is 2. The van der Waals surface area contributed by atoms with E-state index in [0.29, 0.717) is 23.5 Å². The van der Waals surface area contributed by atoms with Gasteiger partial charge in [-0.3, -0.25) is 24.8 Å². The van der Waals surface area contributed by atoms with Crippen LogP contribution < -0.4 is 16.0 Å². The molecule has 3 amide bonds. The molecule has 1 aliphatic rings. The van der Waals surface area contributed by atoms with Crippen molar-refractivity contribution in [2.75, 3.05) is 10.6 Å². The predicted octanol–water partition coefficient (Wildman–Crippen LogP) is 0.446. The number of hydrogen-bond donors (Lipinski definition) is 4. The van der Waals surface area contributed by atoms with Crippen LogP contribution in [0.2, 0.25) is 0 Å². The third-order valence-electron chi connectivity index (χ3n) is 3.56. The Hall–Kier alpha value is -3.23. The fourth-order valence-corrected chi connectivity index (χ4v) is 2.33. The number of aromatic nitrogens is 3. The summed E-state index contributed by atoms with van der Waals surface area (Å²) in [5, 5.41) is 14.2. The SMILES string of the molecule is CCc1nc(NC(=O)C[C@H]2NC(=O)c3ccccc3NC2=O)n[nH]1. The van der Waals surface area contributed by atoms with Crippen molar-refractivity contribution in [1.82, 2.24) is 20.5 Å². The van der Waals surface area contributed by atoms with Crippen LogP contribution in [0.4, 0.5) is 11.6 Å². The number of carbonyl (C=O) groups is 3. The van der Waals surface area contributed by atoms with Gasteiger partial charge < -0.3 is 10.6 Å². The van der Waals surface area contributed by atoms with Crippen molar-refractivity contribution in [1.29, 1.82) is 0 Å². The fraction of sp³-hybridized carbons (Fsp3) is 0.267. The lowest BCUT2D eigenvalue weighted by Crippen LogP contribution is -2.43. The van der Waals surface area contributed by atoms with Gasteiger partial charge in [0.25, 0.3) is 5.91 Å². The number of hydrogen-bond acceptors (Lipinski definition) is 5. The minimum Gasteiger partial charge on any atom is -0.340 e. The Morgan fingerprint density at radius 3 is 2.83 bits per heavy atom. The molecule has 4 N–H and O–H groups in total. The second-order valence-electron chi connectivity index (χ2n) is 5.27. The molecule has 0 aliphatic carbocycles. The molecule has 0 fully saturated rings. The van der Waals surface area contributed by atoms with Crippen molar-refractivity contribution in [2.45, 2.75) is 25.8 Å². The smallest absolute Gasteiger partial charge is 0.254 e. The van der Waals surface area contributed by atoms with Crippen LogP contribution in [-0.4, -0.2) is 38.9 Å². The number of nitrogens with one attached hydrogen (secondary N) is 4. The Kier molecular flexibility index (Phi) is 4.23. The van der Waals surface area contributed by atoms with Gasteiger partial charge in [0.05, 0.1) is 17.7 Å². The number of para-hydroxylation sites is 1. The van der Waals surface area contributed by atoms with Crippen molar-refractivity contribution in [3.8, 4) is 0 Å². The summed E-state index contributed by atoms with van der Waals surface area (Å²) < 4.78 is 0. The second kappa shape index (κ2) is 6.49. The lowest BCUT2D eigenvalue weighted by atomic mass is 10.1. The van der Waals surface area contributed by atoms with Gasteiger partial charge in [-0.15, -0.1) is 5.10 Å². The van der Waals surface area contributed by atoms with E-state index in [1.54, 1.807) is 24.3 Å². The molecular formula is C15H16N6O3. The number of benzene rings is 1. The number of aryl methyl sites for hydroxylation is 1. The normalized spacial score (nSPS) is 16.6. The van der Waals surface area contributed by atoms with E-state index in [1.165, 1.54) is 0 Å². The van der Waals surface area contributed by atoms with Crippen molar-refractivity contribution in [3.05, 3.63) is 35.7 Å². The number of amides is 3. The highest BCUT2D eigenvalue weighted by molar-refractivity contribution is 6.11. The van der Waals surface area contributed by atoms with Gasteiger partial charge in [0.15, 0.2) is 0 Å². The van der Waals surface area contributed by atoms with Gasteiger partial charge in [-0.05, 0) is 12.1 Å². The topological polar surface area (TPSA) is 129 Å². The van der Waals surface area contributed by atoms with Crippen LogP contribution in [0, 0.1) is 0 Å². The lowest BCUT2D eigenvalue weighted by molar-refractivity contribution is -0.122. The minimum absolute atomic E-state index is 0.139. The summed E-state index contributed by atoms with van der Waals surface area (Å²) in [6, 6.07) is 5.68. The quantitative estimate of drug-likeness (QED) is 0.647. The zero-order chi connectivity index (χ0) is 17.1. The molecule has 1 aromatic heterocycles. The molecule has 124 valence electrons. The molecule has 0 saturated carbocycles. The lowest BCUT2D eigenvalue weighted by Gasteiger charge is -2.13. The molecule has 24 heavy (non-hydrogen) atoms. The van der Waals surface area contributed by atoms with Gasteiger partial charge in [-0.1, -0.05) is 19.1 Å². The van der Waals surface area contributed by atoms with Crippen LogP contribution in [0.25, 0.3) is 0 Å². The van der Waals surface area contributed by atoms with Crippen LogP contribution in [0.15, 0.2) is 24.3 Å². The molecule has 0 radical (unpaired) electrons. The molecule has 0 saturated heterocycles. The number of carbonyl (C=O) groups excluding carboxylic acids is 3. The number of H-pyrrole nitrogens is 1. The Bertz CT molecular complexity index is 800. The first-order valence-electron chi connectivity index (χ1n) is 7.48. The van der Waals surface area contributed by atoms with Crippen LogP contribution in [-0.2, 0) is 16.0 Å². The highest BCUT2D eigenvalue weighted by Crippen LogP contribution is 2.18. The van der Waals surface area contributed by atoms with Crippen LogP contribution >= 0.6 is 0 Å². The van der Waals surface area contributed by atoms with Gasteiger partial charge in [0.2, 0.25) is 17.8 Å². The second-order valence-corrected chi connectivity index (χ2v) is 5.27. The average molecular weight is 328 g/mol. The molecule has 0 bridgehead atoms. The van der Waals surface area contributed by atoms with Crippen LogP contribution in [0.5, 0.6) is 0 Å². The molecule has 2 heterocycles. The standard InChI is InChI=1S/C15H16N6O3/c1-2-11-18-15(21-20-11)19-12(22)7-10-14(24)16-9-6-4-3-5-8(9)13(23)17-10/h3-6,10H,2,7H2,1H3,(H,16,24)(H,17,23)(H2,18,19,20,21,22)/t10-/m1/s1. The van der Waals surface area contributed by atoms with Crippen LogP contribution in [0.1, 0.15) is 29.5 Å². The van der Waals surface area contributed by atoms with E-state index in [-0.39, 0.29) is 12.4 Å². The summed E-state index contributed by atoms with van der Waals surface area (Å²) in [6.07, 6.45) is 0.434. The molecule has 3 rings (SSSR count). The number of anilines is 2. The molecule has 0 unspecified atom stereocenters. The molecule has 2 aromatic rings. The largest absolute Gasteiger partial charge is 0.340 e. The third kappa shape index (κ3) is 3.24. The maximum atomic E-state index is 12.2. The molecule has 9 heteroatoms. The average Bonchev–Trinajstić information content (AvgIpc) is 2.97. The van der Waals surface area contributed by atoms with E-state index < -0.39 is 23.8 Å². The molecule has 9 nitrogen and oxygen atoms in total. The number of fused-ring (bicyclic) bond motifs is 1. The predicted molar refractivity (Wildman–Crippen MR) is 85.3 cm³/mol. The van der Waals surface area contributed by atoms with E-state index in [0.717, 1.165) is 0 Å². The summed E-state index contributed by atoms with van der Waals surface area (Å²) in [5.74, 6) is -0.551. The Morgan fingerprint density at radius 1 is 1.29 bits per heavy atom. The molecule has 0 spiro atoms. The summed E-state index contributed by atoms with van der Waals surface area (Å²) in [6.45, 7) is 1.90. The zero-order valence-corrected chi connectivity index (χ0v) is 12.9. The summed E-state index contributed by atoms with van der Waals surface area (Å²) in [7, 11) is 0. The first-order chi connectivity index (χ1) is 11.6. The minimum atomic E-state index is -0.977. The van der Waals surface area contributed by atoms with Gasteiger partial charge >= 0.3 is 0 Å². The summed E-state index contributed by atoms with van der Waals surface area (Å²) in [4.78, 5) is 40.5. The van der Waals surface area contributed by atoms with Gasteiger partial charge in [-0.25, -0.2) is 0 Å². The fourth-order valence-electron chi connectivity index (χ4n) is 2.33. The Labute approximate surface area is 137 Å².